The zero-order chi connectivity index (χ0) is 11.2. The Bertz CT molecular complexity index is 243. The summed E-state index contributed by atoms with van der Waals surface area (Å²) in [7, 11) is 0. The monoisotopic (exact) mass is 196 g/mol. The van der Waals surface area contributed by atoms with Crippen LogP contribution >= 0.6 is 0 Å². The average molecular weight is 196 g/mol. The van der Waals surface area contributed by atoms with E-state index in [9.17, 15) is 4.79 Å². The Labute approximate surface area is 86.7 Å². The van der Waals surface area contributed by atoms with Crippen molar-refractivity contribution in [3.05, 3.63) is 0 Å². The second-order valence-electron chi connectivity index (χ2n) is 4.23. The van der Waals surface area contributed by atoms with Crippen LogP contribution < -0.4 is 0 Å². The molecule has 0 rings (SSSR count). The maximum absolute atomic E-state index is 10.2. The Morgan fingerprint density at radius 2 is 2.07 bits per heavy atom. The number of rotatable bonds is 4. The van der Waals surface area contributed by atoms with E-state index in [2.05, 4.69) is 39.5 Å². The summed E-state index contributed by atoms with van der Waals surface area (Å²) < 4.78 is 0. The van der Waals surface area contributed by atoms with E-state index in [0.29, 0.717) is 12.3 Å². The minimum atomic E-state index is -0.777. The van der Waals surface area contributed by atoms with Crippen LogP contribution in [0.15, 0.2) is 0 Å². The third kappa shape index (κ3) is 4.91. The van der Waals surface area contributed by atoms with Crippen LogP contribution in [0.5, 0.6) is 0 Å². The number of aliphatic carboxylic acids is 1. The summed E-state index contributed by atoms with van der Waals surface area (Å²) in [6, 6.07) is 0. The summed E-state index contributed by atoms with van der Waals surface area (Å²) in [5.74, 6) is 5.86. The molecule has 0 saturated heterocycles. The van der Waals surface area contributed by atoms with Crippen LogP contribution in [0.2, 0.25) is 0 Å². The molecule has 0 heterocycles. The Kier molecular flexibility index (Phi) is 5.30. The first kappa shape index (κ1) is 13.0. The molecule has 14 heavy (non-hydrogen) atoms. The molecule has 80 valence electrons. The van der Waals surface area contributed by atoms with Gasteiger partial charge in [0.05, 0.1) is 6.42 Å². The molecule has 0 radical (unpaired) electrons. The fraction of sp³-hybridized carbons (Fsp3) is 0.750. The number of carboxylic acids is 1. The van der Waals surface area contributed by atoms with Crippen molar-refractivity contribution < 1.29 is 9.90 Å². The molecule has 0 aromatic heterocycles. The summed E-state index contributed by atoms with van der Waals surface area (Å²) in [6.07, 6.45) is 1.69. The van der Waals surface area contributed by atoms with Gasteiger partial charge >= 0.3 is 5.97 Å². The SMILES string of the molecule is CCC(C)C(C)(C)C#CCCC(=O)O. The van der Waals surface area contributed by atoms with Gasteiger partial charge in [-0.3, -0.25) is 4.79 Å². The van der Waals surface area contributed by atoms with E-state index in [0.717, 1.165) is 6.42 Å². The van der Waals surface area contributed by atoms with E-state index >= 15 is 0 Å². The normalized spacial score (nSPS) is 12.9. The number of hydrogen-bond acceptors (Lipinski definition) is 1. The van der Waals surface area contributed by atoms with Crippen molar-refractivity contribution in [2.24, 2.45) is 11.3 Å². The van der Waals surface area contributed by atoms with Gasteiger partial charge in [-0.25, -0.2) is 0 Å². The molecule has 0 aliphatic carbocycles. The van der Waals surface area contributed by atoms with Crippen molar-refractivity contribution in [3.8, 4) is 11.8 Å². The van der Waals surface area contributed by atoms with Gasteiger partial charge in [0.25, 0.3) is 0 Å². The van der Waals surface area contributed by atoms with Gasteiger partial charge in [-0.1, -0.05) is 26.2 Å². The second kappa shape index (κ2) is 5.70. The van der Waals surface area contributed by atoms with E-state index in [1.165, 1.54) is 0 Å². The molecule has 0 aliphatic heterocycles. The van der Waals surface area contributed by atoms with E-state index in [-0.39, 0.29) is 11.8 Å². The van der Waals surface area contributed by atoms with Gasteiger partial charge < -0.3 is 5.11 Å². The molecular formula is C12H20O2. The lowest BCUT2D eigenvalue weighted by molar-refractivity contribution is -0.136. The summed E-state index contributed by atoms with van der Waals surface area (Å²) in [5.41, 5.74) is -0.00669. The van der Waals surface area contributed by atoms with Gasteiger partial charge in [-0.2, -0.15) is 0 Å². The highest BCUT2D eigenvalue weighted by atomic mass is 16.4. The molecule has 0 aromatic rings. The molecule has 0 saturated carbocycles. The van der Waals surface area contributed by atoms with Crippen molar-refractivity contribution in [2.45, 2.75) is 47.0 Å². The van der Waals surface area contributed by atoms with E-state index in [1.54, 1.807) is 0 Å². The molecule has 0 aliphatic rings. The van der Waals surface area contributed by atoms with E-state index < -0.39 is 5.97 Å². The van der Waals surface area contributed by atoms with Crippen LogP contribution in [0.1, 0.15) is 47.0 Å². The van der Waals surface area contributed by atoms with Crippen molar-refractivity contribution in [2.75, 3.05) is 0 Å². The number of carboxylic acid groups (broad SMARTS) is 1. The Morgan fingerprint density at radius 3 is 2.50 bits per heavy atom. The second-order valence-corrected chi connectivity index (χ2v) is 4.23. The van der Waals surface area contributed by atoms with Crippen LogP contribution in [0.25, 0.3) is 0 Å². The number of hydrogen-bond donors (Lipinski definition) is 1. The molecule has 1 unspecified atom stereocenters. The summed E-state index contributed by atoms with van der Waals surface area (Å²) in [6.45, 7) is 8.53. The first-order valence-corrected chi connectivity index (χ1v) is 5.12. The van der Waals surface area contributed by atoms with Gasteiger partial charge in [-0.15, -0.1) is 5.92 Å². The van der Waals surface area contributed by atoms with Gasteiger partial charge in [0, 0.05) is 11.8 Å². The topological polar surface area (TPSA) is 37.3 Å². The van der Waals surface area contributed by atoms with Gasteiger partial charge in [0.1, 0.15) is 0 Å². The fourth-order valence-electron chi connectivity index (χ4n) is 1.09. The van der Waals surface area contributed by atoms with Crippen LogP contribution in [-0.2, 0) is 4.79 Å². The lowest BCUT2D eigenvalue weighted by atomic mass is 9.79. The molecule has 0 fully saturated rings. The molecule has 0 amide bonds. The van der Waals surface area contributed by atoms with Crippen molar-refractivity contribution in [1.82, 2.24) is 0 Å². The van der Waals surface area contributed by atoms with Gasteiger partial charge in [0.15, 0.2) is 0 Å². The van der Waals surface area contributed by atoms with Crippen LogP contribution in [0.3, 0.4) is 0 Å². The van der Waals surface area contributed by atoms with Crippen molar-refractivity contribution in [1.29, 1.82) is 0 Å². The molecule has 2 heteroatoms. The minimum absolute atomic E-state index is 0.00669. The average Bonchev–Trinajstić information content (AvgIpc) is 2.10. The predicted molar refractivity (Wildman–Crippen MR) is 57.9 cm³/mol. The largest absolute Gasteiger partial charge is 0.481 e. The Hall–Kier alpha value is -0.970. The third-order valence-corrected chi connectivity index (χ3v) is 2.72. The molecule has 2 nitrogen and oxygen atoms in total. The highest BCUT2D eigenvalue weighted by Gasteiger charge is 2.21. The molecule has 0 bridgehead atoms. The summed E-state index contributed by atoms with van der Waals surface area (Å²) in [4.78, 5) is 10.2. The third-order valence-electron chi connectivity index (χ3n) is 2.72. The standard InChI is InChI=1S/C12H20O2/c1-5-10(2)12(3,4)9-7-6-8-11(13)14/h10H,5-6,8H2,1-4H3,(H,13,14). The summed E-state index contributed by atoms with van der Waals surface area (Å²) >= 11 is 0. The molecular weight excluding hydrogens is 176 g/mol. The van der Waals surface area contributed by atoms with Crippen LogP contribution in [0.4, 0.5) is 0 Å². The molecule has 0 aromatic carbocycles. The van der Waals surface area contributed by atoms with E-state index in [4.69, 9.17) is 5.11 Å². The lowest BCUT2D eigenvalue weighted by Gasteiger charge is -2.24. The maximum Gasteiger partial charge on any atom is 0.304 e. The van der Waals surface area contributed by atoms with Crippen LogP contribution in [-0.4, -0.2) is 11.1 Å². The smallest absolute Gasteiger partial charge is 0.304 e. The zero-order valence-electron chi connectivity index (χ0n) is 9.55. The lowest BCUT2D eigenvalue weighted by Crippen LogP contribution is -2.18. The molecule has 0 spiro atoms. The molecule has 1 atom stereocenters. The van der Waals surface area contributed by atoms with Crippen LogP contribution in [0, 0.1) is 23.2 Å². The first-order valence-electron chi connectivity index (χ1n) is 5.12. The van der Waals surface area contributed by atoms with Crippen molar-refractivity contribution >= 4 is 5.97 Å². The molecule has 1 N–H and O–H groups in total. The van der Waals surface area contributed by atoms with Gasteiger partial charge in [0.2, 0.25) is 0 Å². The summed E-state index contributed by atoms with van der Waals surface area (Å²) in [5, 5.41) is 8.43. The Morgan fingerprint density at radius 1 is 1.50 bits per heavy atom. The van der Waals surface area contributed by atoms with Gasteiger partial charge in [-0.05, 0) is 19.8 Å². The predicted octanol–water partition coefficient (Wildman–Crippen LogP) is 2.93. The highest BCUT2D eigenvalue weighted by molar-refractivity contribution is 5.67. The van der Waals surface area contributed by atoms with E-state index in [1.807, 2.05) is 0 Å². The number of carbonyl (C=O) groups is 1. The minimum Gasteiger partial charge on any atom is -0.481 e. The quantitative estimate of drug-likeness (QED) is 0.702. The zero-order valence-corrected chi connectivity index (χ0v) is 9.55. The first-order chi connectivity index (χ1) is 6.40. The fourth-order valence-corrected chi connectivity index (χ4v) is 1.09. The maximum atomic E-state index is 10.2. The Balaban J connectivity index is 4.12. The highest BCUT2D eigenvalue weighted by Crippen LogP contribution is 2.27. The van der Waals surface area contributed by atoms with Crippen molar-refractivity contribution in [3.63, 3.8) is 0 Å².